The molecule has 0 amide bonds. The summed E-state index contributed by atoms with van der Waals surface area (Å²) in [6, 6.07) is 19.4. The van der Waals surface area contributed by atoms with E-state index in [1.807, 2.05) is 42.5 Å². The molecule has 0 radical (unpaired) electrons. The van der Waals surface area contributed by atoms with Crippen LogP contribution in [-0.4, -0.2) is 59.4 Å². The van der Waals surface area contributed by atoms with Crippen molar-refractivity contribution in [2.75, 3.05) is 38.1 Å². The van der Waals surface area contributed by atoms with Crippen LogP contribution in [0.15, 0.2) is 79.1 Å². The zero-order chi connectivity index (χ0) is 25.1. The Morgan fingerprint density at radius 3 is 2.14 bits per heavy atom. The van der Waals surface area contributed by atoms with Crippen LogP contribution in [0.5, 0.6) is 5.75 Å². The van der Waals surface area contributed by atoms with Gasteiger partial charge >= 0.3 is 6.36 Å². The molecule has 36 heavy (non-hydrogen) atoms. The minimum atomic E-state index is -4.73. The van der Waals surface area contributed by atoms with Gasteiger partial charge in [0.05, 0.1) is 5.69 Å². The maximum Gasteiger partial charge on any atom is 0.573 e. The van der Waals surface area contributed by atoms with E-state index in [-0.39, 0.29) is 5.75 Å². The van der Waals surface area contributed by atoms with E-state index in [9.17, 15) is 13.2 Å². The molecule has 0 N–H and O–H groups in total. The van der Waals surface area contributed by atoms with E-state index >= 15 is 0 Å². The van der Waals surface area contributed by atoms with Gasteiger partial charge in [-0.3, -0.25) is 4.98 Å². The lowest BCUT2D eigenvalue weighted by Gasteiger charge is -2.33. The lowest BCUT2D eigenvalue weighted by Crippen LogP contribution is -2.44. The summed E-state index contributed by atoms with van der Waals surface area (Å²) in [5.74, 6) is 1.21. The molecule has 1 aliphatic rings. The van der Waals surface area contributed by atoms with Crippen molar-refractivity contribution in [3.05, 3.63) is 79.1 Å². The first-order valence-electron chi connectivity index (χ1n) is 11.5. The van der Waals surface area contributed by atoms with Crippen molar-refractivity contribution >= 4 is 5.82 Å². The van der Waals surface area contributed by atoms with E-state index in [0.29, 0.717) is 5.82 Å². The third kappa shape index (κ3) is 5.63. The quantitative estimate of drug-likeness (QED) is 0.366. The number of benzene rings is 2. The topological polar surface area (TPSA) is 54.4 Å². The summed E-state index contributed by atoms with van der Waals surface area (Å²) in [5.41, 5.74) is 3.91. The van der Waals surface area contributed by atoms with Gasteiger partial charge in [0.15, 0.2) is 5.82 Å². The SMILES string of the molecule is CN1CCN(c2cc(-c3cncc(-c4ccc(OC(F)(F)F)cc4)c3)nc(-c3ccccc3)n2)CC1. The van der Waals surface area contributed by atoms with Gasteiger partial charge in [-0.1, -0.05) is 42.5 Å². The largest absolute Gasteiger partial charge is 0.573 e. The van der Waals surface area contributed by atoms with Crippen LogP contribution in [0.2, 0.25) is 0 Å². The maximum atomic E-state index is 12.5. The normalized spacial score (nSPS) is 14.6. The fraction of sp³-hybridized carbons (Fsp3) is 0.222. The van der Waals surface area contributed by atoms with E-state index in [1.165, 1.54) is 12.1 Å². The molecule has 1 aliphatic heterocycles. The van der Waals surface area contributed by atoms with Crippen LogP contribution in [0.1, 0.15) is 0 Å². The molecule has 0 unspecified atom stereocenters. The zero-order valence-electron chi connectivity index (χ0n) is 19.6. The predicted octanol–water partition coefficient (Wildman–Crippen LogP) is 5.52. The highest BCUT2D eigenvalue weighted by Crippen LogP contribution is 2.30. The number of hydrogen-bond donors (Lipinski definition) is 0. The summed E-state index contributed by atoms with van der Waals surface area (Å²) in [6.45, 7) is 3.63. The molecule has 1 fully saturated rings. The van der Waals surface area contributed by atoms with Gasteiger partial charge in [0.25, 0.3) is 0 Å². The van der Waals surface area contributed by atoms with Crippen molar-refractivity contribution in [3.8, 4) is 39.5 Å². The number of ether oxygens (including phenoxy) is 1. The highest BCUT2D eigenvalue weighted by molar-refractivity contribution is 5.73. The van der Waals surface area contributed by atoms with Gasteiger partial charge in [-0.05, 0) is 30.8 Å². The van der Waals surface area contributed by atoms with E-state index < -0.39 is 6.36 Å². The van der Waals surface area contributed by atoms with Crippen LogP contribution in [-0.2, 0) is 0 Å². The average Bonchev–Trinajstić information content (AvgIpc) is 2.89. The first kappa shape index (κ1) is 23.7. The molecule has 2 aromatic carbocycles. The standard InChI is InChI=1S/C27H24F3N5O/c1-34-11-13-35(14-12-34)25-16-24(32-26(33-25)20-5-3-2-4-6-20)22-15-21(17-31-18-22)19-7-9-23(10-8-19)36-27(28,29)30/h2-10,15-18H,11-14H2,1H3. The van der Waals surface area contributed by atoms with Crippen LogP contribution < -0.4 is 9.64 Å². The van der Waals surface area contributed by atoms with Gasteiger partial charge in [0.2, 0.25) is 0 Å². The predicted molar refractivity (Wildman–Crippen MR) is 133 cm³/mol. The summed E-state index contributed by atoms with van der Waals surface area (Å²) in [5, 5.41) is 0. The molecule has 1 saturated heterocycles. The van der Waals surface area contributed by atoms with Gasteiger partial charge in [0, 0.05) is 61.3 Å². The van der Waals surface area contributed by atoms with Crippen molar-refractivity contribution in [1.82, 2.24) is 19.9 Å². The Morgan fingerprint density at radius 2 is 1.44 bits per heavy atom. The minimum Gasteiger partial charge on any atom is -0.406 e. The van der Waals surface area contributed by atoms with Crippen LogP contribution in [0.4, 0.5) is 19.0 Å². The monoisotopic (exact) mass is 491 g/mol. The van der Waals surface area contributed by atoms with Crippen molar-refractivity contribution in [2.24, 2.45) is 0 Å². The lowest BCUT2D eigenvalue weighted by atomic mass is 10.0. The van der Waals surface area contributed by atoms with E-state index in [2.05, 4.69) is 26.6 Å². The van der Waals surface area contributed by atoms with Crippen molar-refractivity contribution in [3.63, 3.8) is 0 Å². The lowest BCUT2D eigenvalue weighted by molar-refractivity contribution is -0.274. The highest BCUT2D eigenvalue weighted by atomic mass is 19.4. The van der Waals surface area contributed by atoms with E-state index in [0.717, 1.165) is 59.9 Å². The fourth-order valence-electron chi connectivity index (χ4n) is 4.08. The van der Waals surface area contributed by atoms with Gasteiger partial charge in [0.1, 0.15) is 11.6 Å². The van der Waals surface area contributed by atoms with Gasteiger partial charge in [-0.15, -0.1) is 13.2 Å². The number of nitrogens with zero attached hydrogens (tertiary/aromatic N) is 5. The molecule has 3 heterocycles. The zero-order valence-corrected chi connectivity index (χ0v) is 19.6. The summed E-state index contributed by atoms with van der Waals surface area (Å²) in [6.07, 6.45) is -1.33. The Hall–Kier alpha value is -3.98. The first-order chi connectivity index (χ1) is 17.3. The molecular formula is C27H24F3N5O. The molecule has 0 spiro atoms. The Labute approximate surface area is 207 Å². The number of pyridine rings is 1. The molecule has 0 bridgehead atoms. The third-order valence-corrected chi connectivity index (χ3v) is 6.03. The average molecular weight is 492 g/mol. The number of piperazine rings is 1. The van der Waals surface area contributed by atoms with Crippen LogP contribution in [0, 0.1) is 0 Å². The van der Waals surface area contributed by atoms with Crippen molar-refractivity contribution in [2.45, 2.75) is 6.36 Å². The summed E-state index contributed by atoms with van der Waals surface area (Å²) < 4.78 is 41.5. The maximum absolute atomic E-state index is 12.5. The van der Waals surface area contributed by atoms with Crippen LogP contribution in [0.25, 0.3) is 33.8 Å². The second-order valence-electron chi connectivity index (χ2n) is 8.63. The van der Waals surface area contributed by atoms with Gasteiger partial charge in [-0.2, -0.15) is 0 Å². The van der Waals surface area contributed by atoms with Crippen LogP contribution in [0.3, 0.4) is 0 Å². The van der Waals surface area contributed by atoms with E-state index in [4.69, 9.17) is 9.97 Å². The number of alkyl halides is 3. The van der Waals surface area contributed by atoms with Crippen LogP contribution >= 0.6 is 0 Å². The minimum absolute atomic E-state index is 0.268. The Morgan fingerprint density at radius 1 is 0.750 bits per heavy atom. The molecule has 184 valence electrons. The van der Waals surface area contributed by atoms with Gasteiger partial charge < -0.3 is 14.5 Å². The fourth-order valence-corrected chi connectivity index (χ4v) is 4.08. The molecule has 9 heteroatoms. The van der Waals surface area contributed by atoms with E-state index in [1.54, 1.807) is 24.5 Å². The molecule has 2 aromatic heterocycles. The molecule has 0 aliphatic carbocycles. The Kier molecular flexibility index (Phi) is 6.56. The Balaban J connectivity index is 1.50. The second kappa shape index (κ2) is 9.94. The molecular weight excluding hydrogens is 467 g/mol. The second-order valence-corrected chi connectivity index (χ2v) is 8.63. The number of likely N-dealkylation sites (N-methyl/N-ethyl adjacent to an activating group) is 1. The smallest absolute Gasteiger partial charge is 0.406 e. The number of rotatable bonds is 5. The van der Waals surface area contributed by atoms with Crippen molar-refractivity contribution < 1.29 is 17.9 Å². The summed E-state index contributed by atoms with van der Waals surface area (Å²) >= 11 is 0. The molecule has 4 aromatic rings. The highest BCUT2D eigenvalue weighted by Gasteiger charge is 2.31. The molecule has 5 rings (SSSR count). The molecule has 0 saturated carbocycles. The number of halogens is 3. The molecule has 6 nitrogen and oxygen atoms in total. The summed E-state index contributed by atoms with van der Waals surface area (Å²) in [7, 11) is 2.11. The number of hydrogen-bond acceptors (Lipinski definition) is 6. The first-order valence-corrected chi connectivity index (χ1v) is 11.5. The van der Waals surface area contributed by atoms with Gasteiger partial charge in [-0.25, -0.2) is 9.97 Å². The number of aromatic nitrogens is 3. The Bertz CT molecular complexity index is 1320. The third-order valence-electron chi connectivity index (χ3n) is 6.03. The summed E-state index contributed by atoms with van der Waals surface area (Å²) in [4.78, 5) is 18.6. The molecule has 0 atom stereocenters. The van der Waals surface area contributed by atoms with Crippen molar-refractivity contribution in [1.29, 1.82) is 0 Å². The number of anilines is 1.